The zero-order chi connectivity index (χ0) is 15.4. The lowest BCUT2D eigenvalue weighted by molar-refractivity contribution is -0.125. The molecule has 1 amide bonds. The third-order valence-corrected chi connectivity index (χ3v) is 4.59. The molecule has 3 rings (SSSR count). The molecule has 1 aromatic heterocycles. The molecule has 0 aromatic carbocycles. The molecule has 122 valence electrons. The fourth-order valence-corrected chi connectivity index (χ4v) is 3.33. The van der Waals surface area contributed by atoms with Gasteiger partial charge in [-0.1, -0.05) is 0 Å². The van der Waals surface area contributed by atoms with Crippen LogP contribution in [0.3, 0.4) is 0 Å². The molecule has 1 unspecified atom stereocenters. The molecule has 0 spiro atoms. The first kappa shape index (κ1) is 15.5. The zero-order valence-corrected chi connectivity index (χ0v) is 13.4. The Morgan fingerprint density at radius 2 is 2.27 bits per heavy atom. The van der Waals surface area contributed by atoms with E-state index in [4.69, 9.17) is 4.74 Å². The van der Waals surface area contributed by atoms with E-state index in [2.05, 4.69) is 20.2 Å². The van der Waals surface area contributed by atoms with Gasteiger partial charge in [0.1, 0.15) is 5.82 Å². The molecule has 1 aromatic rings. The Morgan fingerprint density at radius 3 is 3.09 bits per heavy atom. The molecule has 22 heavy (non-hydrogen) atoms. The van der Waals surface area contributed by atoms with Gasteiger partial charge in [-0.15, -0.1) is 0 Å². The number of aryl methyl sites for hydroxylation is 2. The first-order chi connectivity index (χ1) is 10.7. The van der Waals surface area contributed by atoms with Gasteiger partial charge in [-0.25, -0.2) is 4.98 Å². The minimum Gasteiger partial charge on any atom is -0.379 e. The fourth-order valence-electron chi connectivity index (χ4n) is 3.33. The average Bonchev–Trinajstić information content (AvgIpc) is 2.91. The summed E-state index contributed by atoms with van der Waals surface area (Å²) in [7, 11) is 0. The van der Waals surface area contributed by atoms with Crippen LogP contribution in [0.25, 0.3) is 0 Å². The molecule has 1 atom stereocenters. The van der Waals surface area contributed by atoms with E-state index in [9.17, 15) is 4.79 Å². The number of carbonyl (C=O) groups excluding carboxylic acids is 1. The van der Waals surface area contributed by atoms with Gasteiger partial charge in [-0.05, 0) is 32.7 Å². The van der Waals surface area contributed by atoms with Crippen molar-refractivity contribution < 1.29 is 9.53 Å². The SMILES string of the molecule is Cc1nc2c([nH]1)CC(C(=O)NCCCN1CCOCC1)CC2. The highest BCUT2D eigenvalue weighted by Gasteiger charge is 2.26. The number of nitrogens with one attached hydrogen (secondary N) is 2. The smallest absolute Gasteiger partial charge is 0.223 e. The van der Waals surface area contributed by atoms with E-state index in [-0.39, 0.29) is 11.8 Å². The molecule has 1 fully saturated rings. The van der Waals surface area contributed by atoms with Crippen LogP contribution in [0.2, 0.25) is 0 Å². The molecule has 2 heterocycles. The van der Waals surface area contributed by atoms with Crippen LogP contribution >= 0.6 is 0 Å². The highest BCUT2D eigenvalue weighted by molar-refractivity contribution is 5.79. The number of hydrogen-bond donors (Lipinski definition) is 2. The summed E-state index contributed by atoms with van der Waals surface area (Å²) in [5, 5.41) is 3.10. The molecule has 6 heteroatoms. The maximum Gasteiger partial charge on any atom is 0.223 e. The van der Waals surface area contributed by atoms with Crippen LogP contribution in [0, 0.1) is 12.8 Å². The quantitative estimate of drug-likeness (QED) is 0.784. The largest absolute Gasteiger partial charge is 0.379 e. The first-order valence-electron chi connectivity index (χ1n) is 8.34. The van der Waals surface area contributed by atoms with Crippen molar-refractivity contribution in [2.75, 3.05) is 39.4 Å². The minimum absolute atomic E-state index is 0.0933. The number of carbonyl (C=O) groups is 1. The normalized spacial score (nSPS) is 22.3. The molecule has 1 aliphatic carbocycles. The van der Waals surface area contributed by atoms with E-state index in [0.29, 0.717) is 0 Å². The van der Waals surface area contributed by atoms with Gasteiger partial charge in [0, 0.05) is 37.7 Å². The molecule has 0 radical (unpaired) electrons. The van der Waals surface area contributed by atoms with Gasteiger partial charge in [0.05, 0.1) is 18.9 Å². The maximum atomic E-state index is 12.3. The van der Waals surface area contributed by atoms with Crippen molar-refractivity contribution in [3.05, 3.63) is 17.2 Å². The van der Waals surface area contributed by atoms with Crippen LogP contribution in [0.15, 0.2) is 0 Å². The number of rotatable bonds is 5. The van der Waals surface area contributed by atoms with Gasteiger partial charge < -0.3 is 15.0 Å². The van der Waals surface area contributed by atoms with E-state index >= 15 is 0 Å². The van der Waals surface area contributed by atoms with Gasteiger partial charge in [0.2, 0.25) is 5.91 Å². The number of morpholine rings is 1. The van der Waals surface area contributed by atoms with E-state index in [1.165, 1.54) is 0 Å². The van der Waals surface area contributed by atoms with Crippen LogP contribution in [-0.4, -0.2) is 60.2 Å². The molecule has 1 aliphatic heterocycles. The van der Waals surface area contributed by atoms with Crippen LogP contribution in [0.5, 0.6) is 0 Å². The molecule has 2 N–H and O–H groups in total. The molecule has 6 nitrogen and oxygen atoms in total. The van der Waals surface area contributed by atoms with Gasteiger partial charge >= 0.3 is 0 Å². The first-order valence-corrected chi connectivity index (χ1v) is 8.34. The van der Waals surface area contributed by atoms with Crippen LogP contribution in [0.1, 0.15) is 30.1 Å². The number of hydrogen-bond acceptors (Lipinski definition) is 4. The maximum absolute atomic E-state index is 12.3. The van der Waals surface area contributed by atoms with E-state index in [1.807, 2.05) is 6.92 Å². The topological polar surface area (TPSA) is 70.2 Å². The average molecular weight is 306 g/mol. The zero-order valence-electron chi connectivity index (χ0n) is 13.4. The van der Waals surface area contributed by atoms with Crippen LogP contribution < -0.4 is 5.32 Å². The Labute approximate surface area is 131 Å². The third kappa shape index (κ3) is 3.87. The van der Waals surface area contributed by atoms with Gasteiger partial charge in [0.25, 0.3) is 0 Å². The van der Waals surface area contributed by atoms with Gasteiger partial charge in [0.15, 0.2) is 0 Å². The Balaban J connectivity index is 1.37. The van der Waals surface area contributed by atoms with Crippen LogP contribution in [0.4, 0.5) is 0 Å². The van der Waals surface area contributed by atoms with Gasteiger partial charge in [-0.2, -0.15) is 0 Å². The summed E-state index contributed by atoms with van der Waals surface area (Å²) in [4.78, 5) is 22.4. The summed E-state index contributed by atoms with van der Waals surface area (Å²) in [6.07, 6.45) is 3.62. The Bertz CT molecular complexity index is 508. The predicted octanol–water partition coefficient (Wildman–Crippen LogP) is 0.662. The summed E-state index contributed by atoms with van der Waals surface area (Å²) < 4.78 is 5.33. The molecule has 0 saturated carbocycles. The highest BCUT2D eigenvalue weighted by atomic mass is 16.5. The van der Waals surface area contributed by atoms with E-state index in [0.717, 1.165) is 82.3 Å². The summed E-state index contributed by atoms with van der Waals surface area (Å²) in [5.41, 5.74) is 2.30. The third-order valence-electron chi connectivity index (χ3n) is 4.59. The second kappa shape index (κ2) is 7.24. The predicted molar refractivity (Wildman–Crippen MR) is 83.7 cm³/mol. The standard InChI is InChI=1S/C16H26N4O2/c1-12-18-14-4-3-13(11-15(14)19-12)16(21)17-5-2-6-20-7-9-22-10-8-20/h13H,2-11H2,1H3,(H,17,21)(H,18,19). The van der Waals surface area contributed by atoms with Crippen molar-refractivity contribution in [1.29, 1.82) is 0 Å². The monoisotopic (exact) mass is 306 g/mol. The second-order valence-corrected chi connectivity index (χ2v) is 6.29. The number of aromatic nitrogens is 2. The minimum atomic E-state index is 0.0933. The number of ether oxygens (including phenoxy) is 1. The van der Waals surface area contributed by atoms with Crippen molar-refractivity contribution in [3.8, 4) is 0 Å². The van der Waals surface area contributed by atoms with Crippen molar-refractivity contribution in [2.45, 2.75) is 32.6 Å². The Kier molecular flexibility index (Phi) is 5.10. The lowest BCUT2D eigenvalue weighted by Gasteiger charge is -2.26. The summed E-state index contributed by atoms with van der Waals surface area (Å²) in [5.74, 6) is 1.24. The number of imidazole rings is 1. The summed E-state index contributed by atoms with van der Waals surface area (Å²) >= 11 is 0. The van der Waals surface area contributed by atoms with E-state index < -0.39 is 0 Å². The fraction of sp³-hybridized carbons (Fsp3) is 0.750. The summed E-state index contributed by atoms with van der Waals surface area (Å²) in [6.45, 7) is 7.47. The molecular formula is C16H26N4O2. The lowest BCUT2D eigenvalue weighted by atomic mass is 9.89. The van der Waals surface area contributed by atoms with Crippen LogP contribution in [-0.2, 0) is 22.4 Å². The Morgan fingerprint density at radius 1 is 1.45 bits per heavy atom. The molecular weight excluding hydrogens is 280 g/mol. The molecule has 0 bridgehead atoms. The molecule has 1 saturated heterocycles. The number of amides is 1. The highest BCUT2D eigenvalue weighted by Crippen LogP contribution is 2.23. The Hall–Kier alpha value is -1.40. The van der Waals surface area contributed by atoms with Gasteiger partial charge in [-0.3, -0.25) is 9.69 Å². The number of nitrogens with zero attached hydrogens (tertiary/aromatic N) is 2. The molecule has 2 aliphatic rings. The van der Waals surface area contributed by atoms with Crippen molar-refractivity contribution in [3.63, 3.8) is 0 Å². The number of aromatic amines is 1. The lowest BCUT2D eigenvalue weighted by Crippen LogP contribution is -2.39. The van der Waals surface area contributed by atoms with Crippen molar-refractivity contribution in [1.82, 2.24) is 20.2 Å². The number of H-pyrrole nitrogens is 1. The second-order valence-electron chi connectivity index (χ2n) is 6.29. The summed E-state index contributed by atoms with van der Waals surface area (Å²) in [6, 6.07) is 0. The van der Waals surface area contributed by atoms with Crippen molar-refractivity contribution >= 4 is 5.91 Å². The van der Waals surface area contributed by atoms with E-state index in [1.54, 1.807) is 0 Å². The van der Waals surface area contributed by atoms with Crippen molar-refractivity contribution in [2.24, 2.45) is 5.92 Å². The number of fused-ring (bicyclic) bond motifs is 1.